The maximum atomic E-state index is 13.1. The fourth-order valence-corrected chi connectivity index (χ4v) is 5.34. The second kappa shape index (κ2) is 9.65. The summed E-state index contributed by atoms with van der Waals surface area (Å²) in [6.07, 6.45) is 0. The molecule has 1 heterocycles. The molecule has 0 atom stereocenters. The topological polar surface area (TPSA) is 97.4 Å². The molecule has 33 heavy (non-hydrogen) atoms. The number of rotatable bonds is 8. The van der Waals surface area contributed by atoms with Gasteiger partial charge in [-0.3, -0.25) is 9.52 Å². The molecular weight excluding hydrogens is 465 g/mol. The standard InChI is InChI=1S/C23H20FN3O4S2/c1-15-6-9-18(12-21(15)33(29,30)27-17-10-7-16(24)8-11-17)25-22(28)13-31-14-23-26-19-4-2-3-5-20(19)32-23/h2-12,27H,13-14H2,1H3,(H,25,28). The Labute approximate surface area is 194 Å². The second-order valence-electron chi connectivity index (χ2n) is 7.21. The van der Waals surface area contributed by atoms with Gasteiger partial charge in [-0.05, 0) is 61.0 Å². The Bertz CT molecular complexity index is 1370. The molecule has 10 heteroatoms. The van der Waals surface area contributed by atoms with E-state index in [2.05, 4.69) is 15.0 Å². The van der Waals surface area contributed by atoms with Gasteiger partial charge in [0, 0.05) is 11.4 Å². The van der Waals surface area contributed by atoms with Crippen LogP contribution in [0.4, 0.5) is 15.8 Å². The summed E-state index contributed by atoms with van der Waals surface area (Å²) >= 11 is 1.50. The molecule has 0 aliphatic carbocycles. The quantitative estimate of drug-likeness (QED) is 0.377. The van der Waals surface area contributed by atoms with Crippen LogP contribution in [-0.2, 0) is 26.2 Å². The first-order valence-electron chi connectivity index (χ1n) is 9.91. The predicted octanol–water partition coefficient (Wildman–Crippen LogP) is 4.70. The smallest absolute Gasteiger partial charge is 0.262 e. The monoisotopic (exact) mass is 485 g/mol. The van der Waals surface area contributed by atoms with E-state index in [1.807, 2.05) is 24.3 Å². The number of nitrogens with zero attached hydrogens (tertiary/aromatic N) is 1. The molecule has 0 aliphatic heterocycles. The van der Waals surface area contributed by atoms with Crippen molar-refractivity contribution in [2.45, 2.75) is 18.4 Å². The van der Waals surface area contributed by atoms with Crippen molar-refractivity contribution in [3.8, 4) is 0 Å². The van der Waals surface area contributed by atoms with E-state index < -0.39 is 21.7 Å². The number of halogens is 1. The van der Waals surface area contributed by atoms with Crippen molar-refractivity contribution >= 4 is 48.9 Å². The van der Waals surface area contributed by atoms with Crippen LogP contribution in [-0.4, -0.2) is 25.9 Å². The summed E-state index contributed by atoms with van der Waals surface area (Å²) in [5, 5.41) is 3.41. The van der Waals surface area contributed by atoms with Crippen LogP contribution >= 0.6 is 11.3 Å². The molecule has 0 saturated heterocycles. The van der Waals surface area contributed by atoms with E-state index in [4.69, 9.17) is 4.74 Å². The minimum Gasteiger partial charge on any atom is -0.364 e. The maximum absolute atomic E-state index is 13.1. The third-order valence-corrected chi connectivity index (χ3v) is 7.19. The van der Waals surface area contributed by atoms with Crippen LogP contribution in [0.1, 0.15) is 10.6 Å². The number of carbonyl (C=O) groups excluding carboxylic acids is 1. The van der Waals surface area contributed by atoms with Crippen LogP contribution in [0.5, 0.6) is 0 Å². The summed E-state index contributed by atoms with van der Waals surface area (Å²) in [6, 6.07) is 17.3. The Morgan fingerprint density at radius 1 is 1.06 bits per heavy atom. The molecule has 0 saturated carbocycles. The Hall–Kier alpha value is -3.34. The highest BCUT2D eigenvalue weighted by atomic mass is 32.2. The van der Waals surface area contributed by atoms with Crippen molar-refractivity contribution in [3.63, 3.8) is 0 Å². The molecule has 0 spiro atoms. The minimum absolute atomic E-state index is 0.0000176. The summed E-state index contributed by atoms with van der Waals surface area (Å²) in [4.78, 5) is 16.7. The van der Waals surface area contributed by atoms with Gasteiger partial charge in [-0.1, -0.05) is 18.2 Å². The van der Waals surface area contributed by atoms with E-state index in [1.54, 1.807) is 19.1 Å². The van der Waals surface area contributed by atoms with Gasteiger partial charge in [0.05, 0.1) is 21.7 Å². The Balaban J connectivity index is 1.38. The average Bonchev–Trinajstić information content (AvgIpc) is 3.19. The highest BCUT2D eigenvalue weighted by Gasteiger charge is 2.18. The Morgan fingerprint density at radius 3 is 2.55 bits per heavy atom. The molecule has 0 unspecified atom stereocenters. The van der Waals surface area contributed by atoms with Crippen molar-refractivity contribution in [1.82, 2.24) is 4.98 Å². The fourth-order valence-electron chi connectivity index (χ4n) is 3.11. The summed E-state index contributed by atoms with van der Waals surface area (Å²) in [7, 11) is -3.94. The van der Waals surface area contributed by atoms with Crippen molar-refractivity contribution in [2.24, 2.45) is 0 Å². The number of sulfonamides is 1. The average molecular weight is 486 g/mol. The number of nitrogens with one attached hydrogen (secondary N) is 2. The largest absolute Gasteiger partial charge is 0.364 e. The molecule has 0 aliphatic rings. The van der Waals surface area contributed by atoms with Crippen LogP contribution in [0.15, 0.2) is 71.6 Å². The van der Waals surface area contributed by atoms with Gasteiger partial charge in [-0.15, -0.1) is 11.3 Å². The number of aryl methyl sites for hydroxylation is 1. The second-order valence-corrected chi connectivity index (χ2v) is 9.97. The Kier molecular flexibility index (Phi) is 6.68. The van der Waals surface area contributed by atoms with E-state index in [0.717, 1.165) is 27.4 Å². The minimum atomic E-state index is -3.94. The van der Waals surface area contributed by atoms with Gasteiger partial charge < -0.3 is 10.1 Å². The molecule has 4 rings (SSSR count). The zero-order chi connectivity index (χ0) is 23.4. The highest BCUT2D eigenvalue weighted by Crippen LogP contribution is 2.24. The highest BCUT2D eigenvalue weighted by molar-refractivity contribution is 7.92. The number of anilines is 2. The predicted molar refractivity (Wildman–Crippen MR) is 126 cm³/mol. The summed E-state index contributed by atoms with van der Waals surface area (Å²) < 4.78 is 47.6. The number of ether oxygens (including phenoxy) is 1. The number of hydrogen-bond donors (Lipinski definition) is 2. The number of benzene rings is 3. The Morgan fingerprint density at radius 2 is 1.79 bits per heavy atom. The van der Waals surface area contributed by atoms with Crippen molar-refractivity contribution in [3.05, 3.63) is 83.1 Å². The van der Waals surface area contributed by atoms with Crippen LogP contribution in [0.25, 0.3) is 10.2 Å². The first kappa shape index (κ1) is 22.8. The van der Waals surface area contributed by atoms with E-state index in [9.17, 15) is 17.6 Å². The number of hydrogen-bond acceptors (Lipinski definition) is 6. The van der Waals surface area contributed by atoms with Gasteiger partial charge in [-0.2, -0.15) is 0 Å². The third kappa shape index (κ3) is 5.72. The molecule has 4 aromatic rings. The van der Waals surface area contributed by atoms with Gasteiger partial charge in [0.25, 0.3) is 10.0 Å². The van der Waals surface area contributed by atoms with Gasteiger partial charge in [0.2, 0.25) is 5.91 Å². The third-order valence-electron chi connectivity index (χ3n) is 4.65. The lowest BCUT2D eigenvalue weighted by molar-refractivity contribution is -0.121. The first-order chi connectivity index (χ1) is 15.8. The molecule has 0 radical (unpaired) electrons. The number of para-hydroxylation sites is 1. The molecule has 7 nitrogen and oxygen atoms in total. The van der Waals surface area contributed by atoms with Crippen LogP contribution in [0, 0.1) is 12.7 Å². The zero-order valence-electron chi connectivity index (χ0n) is 17.5. The summed E-state index contributed by atoms with van der Waals surface area (Å²) in [5.41, 5.74) is 1.92. The van der Waals surface area contributed by atoms with Gasteiger partial charge in [-0.25, -0.2) is 17.8 Å². The van der Waals surface area contributed by atoms with E-state index in [1.165, 1.54) is 29.5 Å². The van der Waals surface area contributed by atoms with Gasteiger partial charge in [0.1, 0.15) is 17.4 Å². The van der Waals surface area contributed by atoms with Crippen LogP contribution in [0.2, 0.25) is 0 Å². The molecule has 0 fully saturated rings. The van der Waals surface area contributed by atoms with E-state index in [0.29, 0.717) is 11.3 Å². The number of thiazole rings is 1. The summed E-state index contributed by atoms with van der Waals surface area (Å²) in [6.45, 7) is 1.63. The van der Waals surface area contributed by atoms with Crippen LogP contribution in [0.3, 0.4) is 0 Å². The molecule has 1 amide bonds. The molecule has 0 bridgehead atoms. The zero-order valence-corrected chi connectivity index (χ0v) is 19.2. The van der Waals surface area contributed by atoms with Crippen molar-refractivity contribution in [2.75, 3.05) is 16.6 Å². The van der Waals surface area contributed by atoms with E-state index >= 15 is 0 Å². The van der Waals surface area contributed by atoms with Gasteiger partial charge in [0.15, 0.2) is 0 Å². The van der Waals surface area contributed by atoms with Gasteiger partial charge >= 0.3 is 0 Å². The first-order valence-corrected chi connectivity index (χ1v) is 12.2. The maximum Gasteiger partial charge on any atom is 0.262 e. The number of carbonyl (C=O) groups is 1. The number of aromatic nitrogens is 1. The molecule has 170 valence electrons. The normalized spacial score (nSPS) is 11.5. The van der Waals surface area contributed by atoms with Crippen molar-refractivity contribution < 1.29 is 22.3 Å². The van der Waals surface area contributed by atoms with Crippen molar-refractivity contribution in [1.29, 1.82) is 0 Å². The van der Waals surface area contributed by atoms with E-state index in [-0.39, 0.29) is 23.8 Å². The number of amides is 1. The van der Waals surface area contributed by atoms with Crippen LogP contribution < -0.4 is 10.0 Å². The summed E-state index contributed by atoms with van der Waals surface area (Å²) in [5.74, 6) is -0.890. The lowest BCUT2D eigenvalue weighted by Gasteiger charge is -2.13. The molecule has 1 aromatic heterocycles. The SMILES string of the molecule is Cc1ccc(NC(=O)COCc2nc3ccccc3s2)cc1S(=O)(=O)Nc1ccc(F)cc1. The molecule has 2 N–H and O–H groups in total. The lowest BCUT2D eigenvalue weighted by atomic mass is 10.2. The number of fused-ring (bicyclic) bond motifs is 1. The lowest BCUT2D eigenvalue weighted by Crippen LogP contribution is -2.19. The molecular formula is C23H20FN3O4S2. The fraction of sp³-hybridized carbons (Fsp3) is 0.130. The molecule has 3 aromatic carbocycles.